The van der Waals surface area contributed by atoms with Gasteiger partial charge < -0.3 is 5.32 Å². The van der Waals surface area contributed by atoms with Crippen molar-refractivity contribution >= 4 is 34.7 Å². The van der Waals surface area contributed by atoms with Crippen LogP contribution in [0.3, 0.4) is 0 Å². The van der Waals surface area contributed by atoms with Crippen LogP contribution in [0.1, 0.15) is 15.7 Å². The molecule has 1 N–H and O–H groups in total. The highest BCUT2D eigenvalue weighted by Crippen LogP contribution is 2.44. The van der Waals surface area contributed by atoms with Gasteiger partial charge in [-0.05, 0) is 17.5 Å². The number of halogens is 2. The van der Waals surface area contributed by atoms with Crippen LogP contribution in [0.5, 0.6) is 0 Å². The largest absolute Gasteiger partial charge is 0.324 e. The zero-order valence-corrected chi connectivity index (χ0v) is 11.3. The van der Waals surface area contributed by atoms with Gasteiger partial charge >= 0.3 is 0 Å². The van der Waals surface area contributed by atoms with Gasteiger partial charge in [-0.15, -0.1) is 23.1 Å². The molecule has 2 aromatic rings. The number of amides is 1. The molecule has 98 valence electrons. The number of carbonyl (C=O) groups excluding carboxylic acids is 1. The van der Waals surface area contributed by atoms with E-state index < -0.39 is 11.6 Å². The molecule has 1 atom stereocenters. The molecule has 2 heterocycles. The summed E-state index contributed by atoms with van der Waals surface area (Å²) in [7, 11) is 0. The van der Waals surface area contributed by atoms with Gasteiger partial charge in [0.25, 0.3) is 0 Å². The number of hydrogen-bond acceptors (Lipinski definition) is 3. The highest BCUT2D eigenvalue weighted by Gasteiger charge is 2.27. The molecular formula is C13H9F2NOS2. The fraction of sp³-hybridized carbons (Fsp3) is 0.154. The molecule has 3 rings (SSSR count). The lowest BCUT2D eigenvalue weighted by atomic mass is 10.1. The Morgan fingerprint density at radius 2 is 2.11 bits per heavy atom. The quantitative estimate of drug-likeness (QED) is 0.867. The standard InChI is InChI=1S/C13H9F2NOS2/c14-7-1-2-8(9(15)5-7)12-13-10(3-4-18-13)16-11(17)6-19-12/h1-5,12H,6H2,(H,16,17)/t12-/m0/s1. The molecule has 0 radical (unpaired) electrons. The first kappa shape index (κ1) is 12.6. The van der Waals surface area contributed by atoms with Crippen molar-refractivity contribution < 1.29 is 13.6 Å². The fourth-order valence-corrected chi connectivity index (χ4v) is 4.25. The van der Waals surface area contributed by atoms with Crippen LogP contribution in [-0.4, -0.2) is 11.7 Å². The maximum absolute atomic E-state index is 13.9. The summed E-state index contributed by atoms with van der Waals surface area (Å²) in [5, 5.41) is 4.36. The number of fused-ring (bicyclic) bond motifs is 1. The van der Waals surface area contributed by atoms with E-state index in [2.05, 4.69) is 5.32 Å². The van der Waals surface area contributed by atoms with Crippen molar-refractivity contribution in [1.82, 2.24) is 0 Å². The molecule has 0 fully saturated rings. The molecular weight excluding hydrogens is 288 g/mol. The van der Waals surface area contributed by atoms with E-state index in [1.54, 1.807) is 6.07 Å². The van der Waals surface area contributed by atoms with Crippen molar-refractivity contribution in [2.24, 2.45) is 0 Å². The van der Waals surface area contributed by atoms with E-state index in [0.717, 1.165) is 10.9 Å². The number of thioether (sulfide) groups is 1. The Hall–Kier alpha value is -1.40. The number of nitrogens with one attached hydrogen (secondary N) is 1. The van der Waals surface area contributed by atoms with Gasteiger partial charge in [-0.25, -0.2) is 8.78 Å². The second-order valence-corrected chi connectivity index (χ2v) is 6.14. The van der Waals surface area contributed by atoms with E-state index in [1.165, 1.54) is 35.2 Å². The average Bonchev–Trinajstić information content (AvgIpc) is 2.74. The molecule has 1 aliphatic rings. The van der Waals surface area contributed by atoms with Gasteiger partial charge in [0.05, 0.1) is 16.7 Å². The van der Waals surface area contributed by atoms with Crippen LogP contribution in [0.2, 0.25) is 0 Å². The molecule has 0 saturated carbocycles. The lowest BCUT2D eigenvalue weighted by molar-refractivity contribution is -0.113. The summed E-state index contributed by atoms with van der Waals surface area (Å²) in [6.45, 7) is 0. The normalized spacial score (nSPS) is 18.6. The van der Waals surface area contributed by atoms with Crippen molar-refractivity contribution in [2.75, 3.05) is 11.1 Å². The van der Waals surface area contributed by atoms with Gasteiger partial charge in [0, 0.05) is 16.5 Å². The van der Waals surface area contributed by atoms with E-state index >= 15 is 0 Å². The molecule has 0 bridgehead atoms. The number of anilines is 1. The van der Waals surface area contributed by atoms with E-state index in [-0.39, 0.29) is 16.9 Å². The second kappa shape index (κ2) is 4.94. The third-order valence-electron chi connectivity index (χ3n) is 2.83. The minimum absolute atomic E-state index is 0.102. The number of carbonyl (C=O) groups is 1. The summed E-state index contributed by atoms with van der Waals surface area (Å²) >= 11 is 2.81. The molecule has 0 spiro atoms. The Morgan fingerprint density at radius 1 is 1.26 bits per heavy atom. The zero-order chi connectivity index (χ0) is 13.4. The summed E-state index contributed by atoms with van der Waals surface area (Å²) in [6.07, 6.45) is 0. The van der Waals surface area contributed by atoms with Crippen molar-refractivity contribution in [3.05, 3.63) is 51.7 Å². The maximum atomic E-state index is 13.9. The van der Waals surface area contributed by atoms with Crippen molar-refractivity contribution in [2.45, 2.75) is 5.25 Å². The number of rotatable bonds is 1. The van der Waals surface area contributed by atoms with Crippen molar-refractivity contribution in [1.29, 1.82) is 0 Å². The smallest absolute Gasteiger partial charge is 0.234 e. The molecule has 1 aromatic carbocycles. The number of benzene rings is 1. The third kappa shape index (κ3) is 2.37. The molecule has 6 heteroatoms. The average molecular weight is 297 g/mol. The van der Waals surface area contributed by atoms with E-state index in [0.29, 0.717) is 11.3 Å². The van der Waals surface area contributed by atoms with Crippen LogP contribution >= 0.6 is 23.1 Å². The van der Waals surface area contributed by atoms with Gasteiger partial charge in [0.15, 0.2) is 0 Å². The molecule has 0 aliphatic carbocycles. The maximum Gasteiger partial charge on any atom is 0.234 e. The van der Waals surface area contributed by atoms with Gasteiger partial charge in [0.1, 0.15) is 11.6 Å². The van der Waals surface area contributed by atoms with Gasteiger partial charge in [-0.1, -0.05) is 6.07 Å². The summed E-state index contributed by atoms with van der Waals surface area (Å²) < 4.78 is 26.9. The number of hydrogen-bond donors (Lipinski definition) is 1. The fourth-order valence-electron chi connectivity index (χ4n) is 1.99. The van der Waals surface area contributed by atoms with Gasteiger partial charge in [-0.3, -0.25) is 4.79 Å². The summed E-state index contributed by atoms with van der Waals surface area (Å²) in [5.74, 6) is -1.02. The predicted octanol–water partition coefficient (Wildman–Crippen LogP) is 3.80. The Balaban J connectivity index is 2.08. The molecule has 1 aromatic heterocycles. The van der Waals surface area contributed by atoms with Crippen molar-refractivity contribution in [3.8, 4) is 0 Å². The Morgan fingerprint density at radius 3 is 2.89 bits per heavy atom. The SMILES string of the molecule is O=C1CS[C@@H](c2ccc(F)cc2F)c2sccc2N1. The van der Waals surface area contributed by atoms with E-state index in [9.17, 15) is 13.6 Å². The highest BCUT2D eigenvalue weighted by molar-refractivity contribution is 8.00. The molecule has 19 heavy (non-hydrogen) atoms. The Labute approximate surface area is 116 Å². The van der Waals surface area contributed by atoms with Crippen LogP contribution in [0, 0.1) is 11.6 Å². The first-order valence-corrected chi connectivity index (χ1v) is 7.52. The second-order valence-electron chi connectivity index (χ2n) is 4.10. The molecule has 1 aliphatic heterocycles. The Bertz CT molecular complexity index is 641. The third-order valence-corrected chi connectivity index (χ3v) is 5.22. The Kier molecular flexibility index (Phi) is 3.28. The predicted molar refractivity (Wildman–Crippen MR) is 73.6 cm³/mol. The van der Waals surface area contributed by atoms with Crippen LogP contribution in [-0.2, 0) is 4.79 Å². The van der Waals surface area contributed by atoms with Crippen LogP contribution in [0.4, 0.5) is 14.5 Å². The van der Waals surface area contributed by atoms with Gasteiger partial charge in [0.2, 0.25) is 5.91 Å². The van der Waals surface area contributed by atoms with Gasteiger partial charge in [-0.2, -0.15) is 0 Å². The van der Waals surface area contributed by atoms with Crippen LogP contribution in [0.25, 0.3) is 0 Å². The lowest BCUT2D eigenvalue weighted by Gasteiger charge is -2.14. The van der Waals surface area contributed by atoms with E-state index in [1.807, 2.05) is 5.38 Å². The first-order valence-electron chi connectivity index (χ1n) is 5.59. The summed E-state index contributed by atoms with van der Waals surface area (Å²) in [5.41, 5.74) is 1.13. The summed E-state index contributed by atoms with van der Waals surface area (Å²) in [6, 6.07) is 5.37. The topological polar surface area (TPSA) is 29.1 Å². The summed E-state index contributed by atoms with van der Waals surface area (Å²) in [4.78, 5) is 12.5. The molecule has 0 unspecified atom stereocenters. The minimum atomic E-state index is -0.597. The van der Waals surface area contributed by atoms with E-state index in [4.69, 9.17) is 0 Å². The number of thiophene rings is 1. The van der Waals surface area contributed by atoms with Crippen LogP contribution < -0.4 is 5.32 Å². The molecule has 1 amide bonds. The monoisotopic (exact) mass is 297 g/mol. The molecule has 0 saturated heterocycles. The van der Waals surface area contributed by atoms with Crippen LogP contribution in [0.15, 0.2) is 29.6 Å². The van der Waals surface area contributed by atoms with Crippen molar-refractivity contribution in [3.63, 3.8) is 0 Å². The molecule has 2 nitrogen and oxygen atoms in total. The minimum Gasteiger partial charge on any atom is -0.324 e. The first-order chi connectivity index (χ1) is 9.15. The lowest BCUT2D eigenvalue weighted by Crippen LogP contribution is -2.11. The highest BCUT2D eigenvalue weighted by atomic mass is 32.2. The zero-order valence-electron chi connectivity index (χ0n) is 9.65.